The molecule has 0 bridgehead atoms. The van der Waals surface area contributed by atoms with Crippen LogP contribution in [0, 0.1) is 0 Å². The number of carbonyl (C=O) groups excluding carboxylic acids is 2. The summed E-state index contributed by atoms with van der Waals surface area (Å²) in [4.78, 5) is 23.9. The highest BCUT2D eigenvalue weighted by atomic mass is 35.5. The van der Waals surface area contributed by atoms with Crippen LogP contribution in [0.1, 0.15) is 17.5 Å². The Hall–Kier alpha value is -2.02. The smallest absolute Gasteiger partial charge is 0.375 e. The normalized spacial score (nSPS) is 11.8. The van der Waals surface area contributed by atoms with E-state index in [1.165, 1.54) is 20.1 Å². The number of furan rings is 1. The Labute approximate surface area is 155 Å². The van der Waals surface area contributed by atoms with Crippen molar-refractivity contribution in [3.05, 3.63) is 46.1 Å². The maximum atomic E-state index is 12.1. The maximum absolute atomic E-state index is 12.1. The molecule has 134 valence electrons. The molecular formula is C17H17Cl2NO5. The number of nitrogens with one attached hydrogen (secondary N) is 1. The van der Waals surface area contributed by atoms with Gasteiger partial charge in [-0.15, -0.1) is 0 Å². The predicted octanol–water partition coefficient (Wildman–Crippen LogP) is 3.56. The van der Waals surface area contributed by atoms with E-state index < -0.39 is 18.0 Å². The van der Waals surface area contributed by atoms with Crippen LogP contribution in [-0.2, 0) is 14.3 Å². The number of methoxy groups -OCH3 is 1. The Bertz CT molecular complexity index is 759. The van der Waals surface area contributed by atoms with Crippen molar-refractivity contribution in [1.82, 2.24) is 5.32 Å². The average Bonchev–Trinajstić information content (AvgIpc) is 3.07. The number of ether oxygens (including phenoxy) is 2. The van der Waals surface area contributed by atoms with Gasteiger partial charge in [-0.2, -0.15) is 0 Å². The van der Waals surface area contributed by atoms with Gasteiger partial charge in [-0.1, -0.05) is 29.3 Å². The molecule has 8 heteroatoms. The minimum atomic E-state index is -0.965. The SMILES string of the molecule is COCCNC(=O)[C@@H](C)OC(=O)c1ccc(-c2cccc(Cl)c2Cl)o1. The zero-order chi connectivity index (χ0) is 18.4. The number of rotatable bonds is 7. The van der Waals surface area contributed by atoms with E-state index in [0.717, 1.165) is 0 Å². The van der Waals surface area contributed by atoms with Gasteiger partial charge in [0, 0.05) is 19.2 Å². The fourth-order valence-electron chi connectivity index (χ4n) is 1.98. The van der Waals surface area contributed by atoms with Gasteiger partial charge < -0.3 is 19.2 Å². The lowest BCUT2D eigenvalue weighted by Crippen LogP contribution is -2.37. The van der Waals surface area contributed by atoms with Crippen LogP contribution in [0.2, 0.25) is 10.0 Å². The molecule has 1 aromatic carbocycles. The highest BCUT2D eigenvalue weighted by Crippen LogP contribution is 2.34. The van der Waals surface area contributed by atoms with Crippen LogP contribution in [-0.4, -0.2) is 38.2 Å². The van der Waals surface area contributed by atoms with E-state index >= 15 is 0 Å². The quantitative estimate of drug-likeness (QED) is 0.582. The zero-order valence-corrected chi connectivity index (χ0v) is 15.2. The third-order valence-electron chi connectivity index (χ3n) is 3.28. The fourth-order valence-corrected chi connectivity index (χ4v) is 2.37. The number of esters is 1. The van der Waals surface area contributed by atoms with Crippen LogP contribution in [0.3, 0.4) is 0 Å². The highest BCUT2D eigenvalue weighted by molar-refractivity contribution is 6.43. The molecule has 2 aromatic rings. The van der Waals surface area contributed by atoms with Crippen LogP contribution in [0.15, 0.2) is 34.7 Å². The minimum Gasteiger partial charge on any atom is -0.449 e. The number of benzene rings is 1. The number of halogens is 2. The second-order valence-electron chi connectivity index (χ2n) is 5.10. The number of hydrogen-bond donors (Lipinski definition) is 1. The van der Waals surface area contributed by atoms with Crippen LogP contribution < -0.4 is 5.32 Å². The van der Waals surface area contributed by atoms with Crippen LogP contribution in [0.5, 0.6) is 0 Å². The molecule has 0 aliphatic heterocycles. The Morgan fingerprint density at radius 1 is 1.24 bits per heavy atom. The van der Waals surface area contributed by atoms with E-state index in [9.17, 15) is 9.59 Å². The molecule has 1 amide bonds. The monoisotopic (exact) mass is 385 g/mol. The fraction of sp³-hybridized carbons (Fsp3) is 0.294. The molecular weight excluding hydrogens is 369 g/mol. The second-order valence-corrected chi connectivity index (χ2v) is 5.88. The Morgan fingerprint density at radius 3 is 2.72 bits per heavy atom. The lowest BCUT2D eigenvalue weighted by Gasteiger charge is -2.12. The van der Waals surface area contributed by atoms with Gasteiger partial charge in [-0.3, -0.25) is 4.79 Å². The van der Waals surface area contributed by atoms with E-state index in [2.05, 4.69) is 5.32 Å². The van der Waals surface area contributed by atoms with Crippen LogP contribution in [0.25, 0.3) is 11.3 Å². The molecule has 6 nitrogen and oxygen atoms in total. The molecule has 1 atom stereocenters. The molecule has 0 aliphatic carbocycles. The van der Waals surface area contributed by atoms with E-state index in [1.807, 2.05) is 0 Å². The summed E-state index contributed by atoms with van der Waals surface area (Å²) < 4.78 is 15.4. The molecule has 1 heterocycles. The summed E-state index contributed by atoms with van der Waals surface area (Å²) in [5, 5.41) is 3.28. The van der Waals surface area contributed by atoms with Crippen molar-refractivity contribution in [2.45, 2.75) is 13.0 Å². The van der Waals surface area contributed by atoms with Gasteiger partial charge in [0.2, 0.25) is 5.76 Å². The molecule has 25 heavy (non-hydrogen) atoms. The summed E-state index contributed by atoms with van der Waals surface area (Å²) in [6, 6.07) is 8.11. The molecule has 0 saturated carbocycles. The van der Waals surface area contributed by atoms with Gasteiger partial charge in [0.1, 0.15) is 5.76 Å². The van der Waals surface area contributed by atoms with Crippen molar-refractivity contribution in [2.75, 3.05) is 20.3 Å². The van der Waals surface area contributed by atoms with Crippen molar-refractivity contribution in [2.24, 2.45) is 0 Å². The first-order valence-electron chi connectivity index (χ1n) is 7.46. The summed E-state index contributed by atoms with van der Waals surface area (Å²) in [7, 11) is 1.52. The molecule has 0 radical (unpaired) electrons. The topological polar surface area (TPSA) is 77.8 Å². The Kier molecular flexibility index (Phi) is 6.87. The first-order chi connectivity index (χ1) is 11.9. The van der Waals surface area contributed by atoms with E-state index in [0.29, 0.717) is 34.5 Å². The van der Waals surface area contributed by atoms with Gasteiger partial charge in [0.25, 0.3) is 5.91 Å². The number of hydrogen-bond acceptors (Lipinski definition) is 5. The molecule has 1 aromatic heterocycles. The Morgan fingerprint density at radius 2 is 2.00 bits per heavy atom. The first-order valence-corrected chi connectivity index (χ1v) is 8.21. The summed E-state index contributed by atoms with van der Waals surface area (Å²) in [5.41, 5.74) is 0.554. The van der Waals surface area contributed by atoms with E-state index in [4.69, 9.17) is 37.1 Å². The van der Waals surface area contributed by atoms with Crippen molar-refractivity contribution >= 4 is 35.1 Å². The van der Waals surface area contributed by atoms with Crippen molar-refractivity contribution in [3.8, 4) is 11.3 Å². The van der Waals surface area contributed by atoms with Gasteiger partial charge in [-0.05, 0) is 31.2 Å². The van der Waals surface area contributed by atoms with Crippen molar-refractivity contribution in [3.63, 3.8) is 0 Å². The molecule has 0 spiro atoms. The molecule has 0 unspecified atom stereocenters. The summed E-state index contributed by atoms with van der Waals surface area (Å²) in [6.07, 6.45) is -0.965. The summed E-state index contributed by atoms with van der Waals surface area (Å²) >= 11 is 12.1. The minimum absolute atomic E-state index is 0.0393. The summed E-state index contributed by atoms with van der Waals surface area (Å²) in [6.45, 7) is 2.17. The molecule has 2 rings (SSSR count). The first kappa shape index (κ1) is 19.3. The lowest BCUT2D eigenvalue weighted by molar-refractivity contribution is -0.129. The molecule has 0 aliphatic rings. The zero-order valence-electron chi connectivity index (χ0n) is 13.7. The van der Waals surface area contributed by atoms with Gasteiger partial charge >= 0.3 is 5.97 Å². The third-order valence-corrected chi connectivity index (χ3v) is 4.10. The number of carbonyl (C=O) groups is 2. The lowest BCUT2D eigenvalue weighted by atomic mass is 10.2. The maximum Gasteiger partial charge on any atom is 0.375 e. The second kappa shape index (κ2) is 8.89. The highest BCUT2D eigenvalue weighted by Gasteiger charge is 2.21. The average molecular weight is 386 g/mol. The molecule has 0 saturated heterocycles. The molecule has 0 fully saturated rings. The largest absolute Gasteiger partial charge is 0.449 e. The van der Waals surface area contributed by atoms with Gasteiger partial charge in [-0.25, -0.2) is 4.79 Å². The van der Waals surface area contributed by atoms with E-state index in [1.54, 1.807) is 24.3 Å². The summed E-state index contributed by atoms with van der Waals surface area (Å²) in [5.74, 6) is -0.840. The van der Waals surface area contributed by atoms with E-state index in [-0.39, 0.29) is 5.76 Å². The van der Waals surface area contributed by atoms with Crippen molar-refractivity contribution in [1.29, 1.82) is 0 Å². The molecule has 1 N–H and O–H groups in total. The Balaban J connectivity index is 2.03. The standard InChI is InChI=1S/C17H17Cl2NO5/c1-10(16(21)20-8-9-23-2)24-17(22)14-7-6-13(25-14)11-4-3-5-12(18)15(11)19/h3-7,10H,8-9H2,1-2H3,(H,20,21)/t10-/m1/s1. The van der Waals surface area contributed by atoms with Crippen LogP contribution >= 0.6 is 23.2 Å². The van der Waals surface area contributed by atoms with Gasteiger partial charge in [0.15, 0.2) is 6.10 Å². The number of amides is 1. The third kappa shape index (κ3) is 4.98. The van der Waals surface area contributed by atoms with Gasteiger partial charge in [0.05, 0.1) is 16.7 Å². The predicted molar refractivity (Wildman–Crippen MR) is 93.9 cm³/mol. The van der Waals surface area contributed by atoms with Crippen molar-refractivity contribution < 1.29 is 23.5 Å². The van der Waals surface area contributed by atoms with Crippen LogP contribution in [0.4, 0.5) is 0 Å².